The first-order chi connectivity index (χ1) is 11.5. The number of nitro groups is 1. The summed E-state index contributed by atoms with van der Waals surface area (Å²) in [6.45, 7) is -0.0433. The van der Waals surface area contributed by atoms with Gasteiger partial charge in [0.15, 0.2) is 0 Å². The molecule has 3 N–H and O–H groups in total. The fourth-order valence-electron chi connectivity index (χ4n) is 1.97. The molecule has 2 aromatic carbocycles. The smallest absolute Gasteiger partial charge is 0.271 e. The Morgan fingerprint density at radius 2 is 1.79 bits per heavy atom. The summed E-state index contributed by atoms with van der Waals surface area (Å²) >= 11 is 0. The number of carbonyl (C=O) groups is 2. The molecule has 2 rings (SSSR count). The topological polar surface area (TPSA) is 113 Å². The second-order valence-corrected chi connectivity index (χ2v) is 4.87. The van der Waals surface area contributed by atoms with Gasteiger partial charge in [0, 0.05) is 36.1 Å². The highest BCUT2D eigenvalue weighted by atomic mass is 16.6. The van der Waals surface area contributed by atoms with Crippen LogP contribution >= 0.6 is 0 Å². The van der Waals surface area contributed by atoms with Crippen LogP contribution in [0.15, 0.2) is 48.5 Å². The summed E-state index contributed by atoms with van der Waals surface area (Å²) in [5.41, 5.74) is 1.47. The van der Waals surface area contributed by atoms with Gasteiger partial charge in [0.1, 0.15) is 0 Å². The number of non-ortho nitro benzene ring substituents is 1. The van der Waals surface area contributed by atoms with Crippen molar-refractivity contribution in [1.29, 1.82) is 0 Å². The highest BCUT2D eigenvalue weighted by Gasteiger charge is 2.08. The largest absolute Gasteiger partial charge is 0.376 e. The molecule has 2 amide bonds. The van der Waals surface area contributed by atoms with E-state index in [1.165, 1.54) is 25.2 Å². The molecule has 8 heteroatoms. The van der Waals surface area contributed by atoms with Gasteiger partial charge in [-0.2, -0.15) is 0 Å². The minimum Gasteiger partial charge on any atom is -0.376 e. The first-order valence-corrected chi connectivity index (χ1v) is 7.10. The number of anilines is 2. The second kappa shape index (κ2) is 7.73. The molecule has 0 aliphatic carbocycles. The molecule has 2 aromatic rings. The lowest BCUT2D eigenvalue weighted by Crippen LogP contribution is -2.22. The molecule has 0 radical (unpaired) electrons. The number of hydrogen-bond donors (Lipinski definition) is 3. The fourth-order valence-corrected chi connectivity index (χ4v) is 1.97. The summed E-state index contributed by atoms with van der Waals surface area (Å²) < 4.78 is 0. The van der Waals surface area contributed by atoms with Crippen LogP contribution in [0.1, 0.15) is 10.4 Å². The Bertz CT molecular complexity index is 759. The summed E-state index contributed by atoms with van der Waals surface area (Å²) in [5, 5.41) is 18.7. The second-order valence-electron chi connectivity index (χ2n) is 4.87. The third kappa shape index (κ3) is 4.54. The Kier molecular flexibility index (Phi) is 5.45. The molecule has 0 aliphatic rings. The Labute approximate surface area is 138 Å². The molecule has 0 saturated carbocycles. The van der Waals surface area contributed by atoms with Gasteiger partial charge in [0.25, 0.3) is 11.6 Å². The summed E-state index contributed by atoms with van der Waals surface area (Å²) in [7, 11) is 1.54. The van der Waals surface area contributed by atoms with E-state index < -0.39 is 4.92 Å². The molecule has 0 unspecified atom stereocenters. The molecule has 8 nitrogen and oxygen atoms in total. The standard InChI is InChI=1S/C16H16N4O4/c1-17-16(22)11-5-7-12(8-6-11)19-15(21)10-18-13-3-2-4-14(9-13)20(23)24/h2-9,18H,10H2,1H3,(H,17,22)(H,19,21). The third-order valence-electron chi connectivity index (χ3n) is 3.17. The molecule has 0 saturated heterocycles. The van der Waals surface area contributed by atoms with Gasteiger partial charge in [-0.25, -0.2) is 0 Å². The molecule has 0 atom stereocenters. The molecule has 24 heavy (non-hydrogen) atoms. The zero-order valence-electron chi connectivity index (χ0n) is 12.9. The summed E-state index contributed by atoms with van der Waals surface area (Å²) in [5.74, 6) is -0.519. The third-order valence-corrected chi connectivity index (χ3v) is 3.17. The maximum atomic E-state index is 11.9. The Balaban J connectivity index is 1.90. The average molecular weight is 328 g/mol. The Hall–Kier alpha value is -3.42. The normalized spacial score (nSPS) is 9.88. The van der Waals surface area contributed by atoms with Crippen LogP contribution in [0.3, 0.4) is 0 Å². The van der Waals surface area contributed by atoms with E-state index in [1.54, 1.807) is 30.3 Å². The van der Waals surface area contributed by atoms with Gasteiger partial charge in [0.2, 0.25) is 5.91 Å². The molecule has 124 valence electrons. The molecule has 0 aromatic heterocycles. The summed E-state index contributed by atoms with van der Waals surface area (Å²) in [4.78, 5) is 33.5. The number of nitrogens with zero attached hydrogens (tertiary/aromatic N) is 1. The quantitative estimate of drug-likeness (QED) is 0.554. The van der Waals surface area contributed by atoms with Crippen molar-refractivity contribution in [2.45, 2.75) is 0 Å². The van der Waals surface area contributed by atoms with E-state index in [2.05, 4.69) is 16.0 Å². The van der Waals surface area contributed by atoms with E-state index in [1.807, 2.05) is 0 Å². The van der Waals surface area contributed by atoms with Gasteiger partial charge in [-0.1, -0.05) is 6.07 Å². The van der Waals surface area contributed by atoms with Crippen LogP contribution in [0, 0.1) is 10.1 Å². The van der Waals surface area contributed by atoms with Crippen LogP contribution < -0.4 is 16.0 Å². The monoisotopic (exact) mass is 328 g/mol. The average Bonchev–Trinajstić information content (AvgIpc) is 2.60. The summed E-state index contributed by atoms with van der Waals surface area (Å²) in [6, 6.07) is 12.3. The Morgan fingerprint density at radius 3 is 2.42 bits per heavy atom. The van der Waals surface area contributed by atoms with Gasteiger partial charge >= 0.3 is 0 Å². The van der Waals surface area contributed by atoms with E-state index in [0.29, 0.717) is 16.9 Å². The number of nitrogens with one attached hydrogen (secondary N) is 3. The van der Waals surface area contributed by atoms with Crippen molar-refractivity contribution < 1.29 is 14.5 Å². The zero-order valence-corrected chi connectivity index (χ0v) is 12.9. The number of benzene rings is 2. The number of hydrogen-bond acceptors (Lipinski definition) is 5. The molecule has 0 bridgehead atoms. The van der Waals surface area contributed by atoms with Gasteiger partial charge in [0.05, 0.1) is 11.5 Å². The van der Waals surface area contributed by atoms with Crippen LogP contribution in [0.2, 0.25) is 0 Å². The van der Waals surface area contributed by atoms with E-state index in [-0.39, 0.29) is 24.0 Å². The first kappa shape index (κ1) is 16.9. The van der Waals surface area contributed by atoms with Crippen molar-refractivity contribution in [2.24, 2.45) is 0 Å². The van der Waals surface area contributed by atoms with Crippen molar-refractivity contribution in [1.82, 2.24) is 5.32 Å². The van der Waals surface area contributed by atoms with Crippen LogP contribution in [0.25, 0.3) is 0 Å². The van der Waals surface area contributed by atoms with Crippen LogP contribution in [-0.2, 0) is 4.79 Å². The first-order valence-electron chi connectivity index (χ1n) is 7.10. The lowest BCUT2D eigenvalue weighted by atomic mass is 10.2. The fraction of sp³-hybridized carbons (Fsp3) is 0.125. The number of rotatable bonds is 6. The SMILES string of the molecule is CNC(=O)c1ccc(NC(=O)CNc2cccc([N+](=O)[O-])c2)cc1. The lowest BCUT2D eigenvalue weighted by molar-refractivity contribution is -0.384. The van der Waals surface area contributed by atoms with Crippen molar-refractivity contribution in [3.8, 4) is 0 Å². The number of carbonyl (C=O) groups excluding carboxylic acids is 2. The molecule has 0 heterocycles. The van der Waals surface area contributed by atoms with Gasteiger partial charge in [-0.3, -0.25) is 19.7 Å². The van der Waals surface area contributed by atoms with Gasteiger partial charge < -0.3 is 16.0 Å². The van der Waals surface area contributed by atoms with E-state index in [9.17, 15) is 19.7 Å². The molecule has 0 fully saturated rings. The maximum absolute atomic E-state index is 11.9. The van der Waals surface area contributed by atoms with Crippen LogP contribution in [0.5, 0.6) is 0 Å². The minimum absolute atomic E-state index is 0.0433. The highest BCUT2D eigenvalue weighted by molar-refractivity contribution is 5.96. The van der Waals surface area contributed by atoms with E-state index in [0.717, 1.165) is 0 Å². The molecule has 0 spiro atoms. The Morgan fingerprint density at radius 1 is 1.08 bits per heavy atom. The number of nitro benzene ring substituents is 1. The van der Waals surface area contributed by atoms with Gasteiger partial charge in [-0.15, -0.1) is 0 Å². The van der Waals surface area contributed by atoms with Crippen molar-refractivity contribution in [3.05, 3.63) is 64.2 Å². The van der Waals surface area contributed by atoms with Gasteiger partial charge in [-0.05, 0) is 30.3 Å². The lowest BCUT2D eigenvalue weighted by Gasteiger charge is -2.08. The van der Waals surface area contributed by atoms with Crippen LogP contribution in [0.4, 0.5) is 17.1 Å². The highest BCUT2D eigenvalue weighted by Crippen LogP contribution is 2.16. The molecular formula is C16H16N4O4. The number of amides is 2. The van der Waals surface area contributed by atoms with Crippen molar-refractivity contribution in [3.63, 3.8) is 0 Å². The molecule has 0 aliphatic heterocycles. The maximum Gasteiger partial charge on any atom is 0.271 e. The van der Waals surface area contributed by atoms with E-state index in [4.69, 9.17) is 0 Å². The van der Waals surface area contributed by atoms with Crippen molar-refractivity contribution >= 4 is 28.9 Å². The molecular weight excluding hydrogens is 312 g/mol. The van der Waals surface area contributed by atoms with Crippen molar-refractivity contribution in [2.75, 3.05) is 24.2 Å². The predicted octanol–water partition coefficient (Wildman–Crippen LogP) is 2.00. The predicted molar refractivity (Wildman–Crippen MR) is 90.0 cm³/mol. The van der Waals surface area contributed by atoms with E-state index >= 15 is 0 Å². The summed E-state index contributed by atoms with van der Waals surface area (Å²) in [6.07, 6.45) is 0. The minimum atomic E-state index is -0.501. The zero-order chi connectivity index (χ0) is 17.5. The van der Waals surface area contributed by atoms with Crippen LogP contribution in [-0.4, -0.2) is 30.3 Å².